The Hall–Kier alpha value is -4.25. The molecular weight excluding hydrogens is 500 g/mol. The van der Waals surface area contributed by atoms with Crippen molar-refractivity contribution in [3.63, 3.8) is 0 Å². The van der Waals surface area contributed by atoms with Gasteiger partial charge in [-0.15, -0.1) is 16.3 Å². The molecule has 1 fully saturated rings. The van der Waals surface area contributed by atoms with E-state index in [4.69, 9.17) is 11.5 Å². The lowest BCUT2D eigenvalue weighted by Gasteiger charge is -2.49. The third kappa shape index (κ3) is 3.79. The number of nitrogen functional groups attached to an aromatic ring is 2. The van der Waals surface area contributed by atoms with Crippen LogP contribution in [0.15, 0.2) is 41.1 Å². The highest BCUT2D eigenvalue weighted by atomic mass is 32.2. The van der Waals surface area contributed by atoms with Gasteiger partial charge in [-0.1, -0.05) is 10.3 Å². The predicted molar refractivity (Wildman–Crippen MR) is 122 cm³/mol. The van der Waals surface area contributed by atoms with Crippen molar-refractivity contribution in [1.82, 2.24) is 29.2 Å². The van der Waals surface area contributed by atoms with Gasteiger partial charge in [-0.3, -0.25) is 14.5 Å². The van der Waals surface area contributed by atoms with Crippen molar-refractivity contribution in [2.75, 3.05) is 17.2 Å². The number of hydrogen-bond acceptors (Lipinski definition) is 12. The van der Waals surface area contributed by atoms with Crippen LogP contribution < -0.4 is 21.4 Å². The van der Waals surface area contributed by atoms with E-state index in [-0.39, 0.29) is 23.2 Å². The smallest absolute Gasteiger partial charge is 0.352 e. The Labute approximate surface area is 203 Å². The minimum absolute atomic E-state index is 0.0683. The Balaban J connectivity index is 1.38. The number of β-lactam (4-membered cyclic amide) rings is 1. The molecule has 1 saturated heterocycles. The normalized spacial score (nSPS) is 20.1. The summed E-state index contributed by atoms with van der Waals surface area (Å²) in [7, 11) is 0. The van der Waals surface area contributed by atoms with Gasteiger partial charge in [0.1, 0.15) is 29.9 Å². The molecule has 0 aromatic carbocycles. The number of nitrogens with two attached hydrogens (primary N) is 2. The van der Waals surface area contributed by atoms with Crippen molar-refractivity contribution in [2.45, 2.75) is 18.0 Å². The van der Waals surface area contributed by atoms with Crippen LogP contribution in [0, 0.1) is 0 Å². The van der Waals surface area contributed by atoms with Crippen molar-refractivity contribution in [1.29, 1.82) is 0 Å². The number of nitrogens with one attached hydrogen (secondary N) is 1. The van der Waals surface area contributed by atoms with Crippen LogP contribution >= 0.6 is 23.3 Å². The molecule has 2 atom stereocenters. The molecule has 0 spiro atoms. The molecule has 3 aromatic heterocycles. The lowest BCUT2D eigenvalue weighted by molar-refractivity contribution is -0.662. The van der Waals surface area contributed by atoms with Gasteiger partial charge >= 0.3 is 11.6 Å². The SMILES string of the molecule is Nc1cnn2cc[n+](CC3=C(C(=O)O)N4C(=O)[C@@H](NC(=O)/C(=N\O)c5nsc(N)n5)[C@H]4SC3)c2c1. The highest BCUT2D eigenvalue weighted by Crippen LogP contribution is 2.40. The molecule has 2 amide bonds. The van der Waals surface area contributed by atoms with E-state index in [1.54, 1.807) is 27.5 Å². The van der Waals surface area contributed by atoms with E-state index in [9.17, 15) is 24.7 Å². The predicted octanol–water partition coefficient (Wildman–Crippen LogP) is -1.75. The molecule has 35 heavy (non-hydrogen) atoms. The molecule has 2 aliphatic rings. The number of thioether (sulfide) groups is 1. The number of imidazole rings is 1. The highest BCUT2D eigenvalue weighted by Gasteiger charge is 2.54. The number of carbonyl (C=O) groups is 3. The summed E-state index contributed by atoms with van der Waals surface area (Å²) in [4.78, 5) is 42.6. The Morgan fingerprint density at radius 1 is 1.37 bits per heavy atom. The topological polar surface area (TPSA) is 218 Å². The third-order valence-electron chi connectivity index (χ3n) is 5.41. The van der Waals surface area contributed by atoms with Gasteiger partial charge in [0.05, 0.1) is 18.0 Å². The number of amides is 2. The second-order valence-electron chi connectivity index (χ2n) is 7.54. The summed E-state index contributed by atoms with van der Waals surface area (Å²) in [5.74, 6) is -2.64. The van der Waals surface area contributed by atoms with Gasteiger partial charge in [0, 0.05) is 22.9 Å². The molecule has 5 heterocycles. The van der Waals surface area contributed by atoms with Gasteiger partial charge < -0.3 is 27.1 Å². The Morgan fingerprint density at radius 2 is 2.17 bits per heavy atom. The molecule has 3 aromatic rings. The lowest BCUT2D eigenvalue weighted by Crippen LogP contribution is -2.71. The number of carboxylic acid groups (broad SMARTS) is 1. The van der Waals surface area contributed by atoms with Crippen LogP contribution in [0.25, 0.3) is 5.65 Å². The number of rotatable bonds is 6. The van der Waals surface area contributed by atoms with E-state index in [1.807, 2.05) is 0 Å². The average Bonchev–Trinajstić information content (AvgIpc) is 3.43. The van der Waals surface area contributed by atoms with Crippen molar-refractivity contribution in [3.8, 4) is 0 Å². The summed E-state index contributed by atoms with van der Waals surface area (Å²) < 4.78 is 7.20. The van der Waals surface area contributed by atoms with Gasteiger partial charge in [-0.2, -0.15) is 9.36 Å². The molecule has 0 aliphatic carbocycles. The van der Waals surface area contributed by atoms with Gasteiger partial charge in [-0.05, 0) is 0 Å². The van der Waals surface area contributed by atoms with Crippen molar-refractivity contribution < 1.29 is 29.3 Å². The second-order valence-corrected chi connectivity index (χ2v) is 9.43. The first kappa shape index (κ1) is 22.5. The number of aromatic nitrogens is 5. The van der Waals surface area contributed by atoms with E-state index in [0.717, 1.165) is 16.4 Å². The molecule has 5 rings (SSSR count). The Kier molecular flexibility index (Phi) is 5.48. The van der Waals surface area contributed by atoms with E-state index in [1.165, 1.54) is 18.0 Å². The number of nitrogens with zero attached hydrogens (tertiary/aromatic N) is 7. The monoisotopic (exact) mass is 517 g/mol. The summed E-state index contributed by atoms with van der Waals surface area (Å²) in [6, 6.07) is 0.682. The first-order valence-electron chi connectivity index (χ1n) is 9.93. The van der Waals surface area contributed by atoms with E-state index < -0.39 is 34.9 Å². The quantitative estimate of drug-likeness (QED) is 0.0812. The van der Waals surface area contributed by atoms with Crippen LogP contribution in [-0.2, 0) is 20.9 Å². The van der Waals surface area contributed by atoms with Gasteiger partial charge in [-0.25, -0.2) is 9.36 Å². The van der Waals surface area contributed by atoms with Crippen LogP contribution in [0.3, 0.4) is 0 Å². The number of fused-ring (bicyclic) bond motifs is 2. The molecule has 180 valence electrons. The maximum Gasteiger partial charge on any atom is 0.352 e. The molecular formula is C18H17N10O5S2+. The van der Waals surface area contributed by atoms with Crippen LogP contribution in [0.2, 0.25) is 0 Å². The first-order chi connectivity index (χ1) is 16.8. The average molecular weight is 518 g/mol. The molecule has 0 saturated carbocycles. The molecule has 0 bridgehead atoms. The molecule has 15 nitrogen and oxygen atoms in total. The Morgan fingerprint density at radius 3 is 2.86 bits per heavy atom. The van der Waals surface area contributed by atoms with E-state index in [0.29, 0.717) is 22.7 Å². The standard InChI is InChI=1S/C18H16N10O5S2/c19-8-3-9-26(1-2-27(9)21-4-8)5-7-6-34-16-11(15(30)28(16)12(7)17(31)32)22-14(29)10(24-33)13-23-18(20)35-25-13/h1-4,11,16,19H,5-6H2,(H5,20,22,23,25,29,31,32,33)/p+1/t11-,16-/m1/s1. The Bertz CT molecular complexity index is 1450. The van der Waals surface area contributed by atoms with Crippen molar-refractivity contribution in [3.05, 3.63) is 41.8 Å². The zero-order valence-corrected chi connectivity index (χ0v) is 19.2. The van der Waals surface area contributed by atoms with Gasteiger partial charge in [0.25, 0.3) is 11.8 Å². The van der Waals surface area contributed by atoms with Crippen LogP contribution in [0.1, 0.15) is 5.82 Å². The second kappa shape index (κ2) is 8.51. The van der Waals surface area contributed by atoms with Gasteiger partial charge in [0.15, 0.2) is 11.3 Å². The summed E-state index contributed by atoms with van der Waals surface area (Å²) in [6.45, 7) is 0.196. The fraction of sp³-hybridized carbons (Fsp3) is 0.222. The summed E-state index contributed by atoms with van der Waals surface area (Å²) in [6.07, 6.45) is 4.95. The maximum absolute atomic E-state index is 12.9. The largest absolute Gasteiger partial charge is 0.477 e. The van der Waals surface area contributed by atoms with Crippen LogP contribution in [-0.4, -0.2) is 74.8 Å². The van der Waals surface area contributed by atoms with Crippen molar-refractivity contribution in [2.24, 2.45) is 5.16 Å². The fourth-order valence-corrected chi connectivity index (χ4v) is 5.64. The number of carbonyl (C=O) groups excluding carboxylic acids is 2. The zero-order valence-electron chi connectivity index (χ0n) is 17.6. The van der Waals surface area contributed by atoms with Crippen LogP contribution in [0.5, 0.6) is 0 Å². The number of aliphatic carboxylic acids is 1. The number of oxime groups is 1. The number of hydrogen-bond donors (Lipinski definition) is 5. The van der Waals surface area contributed by atoms with Crippen LogP contribution in [0.4, 0.5) is 10.8 Å². The summed E-state index contributed by atoms with van der Waals surface area (Å²) >= 11 is 2.11. The summed E-state index contributed by atoms with van der Waals surface area (Å²) in [5.41, 5.74) is 12.3. The minimum Gasteiger partial charge on any atom is -0.477 e. The minimum atomic E-state index is -1.26. The third-order valence-corrected chi connectivity index (χ3v) is 7.29. The molecule has 7 N–H and O–H groups in total. The van der Waals surface area contributed by atoms with E-state index >= 15 is 0 Å². The van der Waals surface area contributed by atoms with Crippen molar-refractivity contribution >= 4 is 63.3 Å². The maximum atomic E-state index is 12.9. The lowest BCUT2D eigenvalue weighted by atomic mass is 10.0. The number of anilines is 2. The summed E-state index contributed by atoms with van der Waals surface area (Å²) in [5, 5.41) is 28.1. The molecule has 17 heteroatoms. The molecule has 0 radical (unpaired) electrons. The van der Waals surface area contributed by atoms with E-state index in [2.05, 4.69) is 24.9 Å². The molecule has 2 aliphatic heterocycles. The zero-order chi connectivity index (χ0) is 24.9. The van der Waals surface area contributed by atoms with Gasteiger partial charge in [0.2, 0.25) is 11.5 Å². The molecule has 0 unspecified atom stereocenters. The first-order valence-corrected chi connectivity index (χ1v) is 11.8. The highest BCUT2D eigenvalue weighted by molar-refractivity contribution is 8.00. The number of carboxylic acids is 1. The fourth-order valence-electron chi connectivity index (χ4n) is 3.87.